The summed E-state index contributed by atoms with van der Waals surface area (Å²) in [4.78, 5) is 0. The quantitative estimate of drug-likeness (QED) is 0.116. The van der Waals surface area contributed by atoms with Crippen LogP contribution in [0.25, 0.3) is 0 Å². The molecule has 0 N–H and O–H groups in total. The summed E-state index contributed by atoms with van der Waals surface area (Å²) in [5.74, 6) is 0. The van der Waals surface area contributed by atoms with Crippen molar-refractivity contribution >= 4 is 0 Å². The van der Waals surface area contributed by atoms with Crippen LogP contribution in [-0.2, 0) is 52.1 Å². The molecule has 0 unspecified atom stereocenters. The largest absolute Gasteiger partial charge is 0.382 e. The molecule has 0 fully saturated rings. The SMILES string of the molecule is CCCCOCCOCCOCCOCCOCCOCCOCCOCCOCCOCCOC. The van der Waals surface area contributed by atoms with Crippen LogP contribution in [0.3, 0.4) is 0 Å². The van der Waals surface area contributed by atoms with Crippen LogP contribution < -0.4 is 0 Å². The van der Waals surface area contributed by atoms with Gasteiger partial charge in [-0.2, -0.15) is 0 Å². The molecule has 11 heteroatoms. The predicted octanol–water partition coefficient (Wildman–Crippen LogP) is 1.60. The van der Waals surface area contributed by atoms with Crippen LogP contribution in [0.5, 0.6) is 0 Å². The van der Waals surface area contributed by atoms with E-state index in [0.717, 1.165) is 19.4 Å². The molecular formula is C25H52O11. The highest BCUT2D eigenvalue weighted by molar-refractivity contribution is 4.39. The summed E-state index contributed by atoms with van der Waals surface area (Å²) < 4.78 is 59.1. The minimum absolute atomic E-state index is 0.527. The van der Waals surface area contributed by atoms with Gasteiger partial charge >= 0.3 is 0 Å². The van der Waals surface area contributed by atoms with Crippen molar-refractivity contribution in [2.24, 2.45) is 0 Å². The summed E-state index contributed by atoms with van der Waals surface area (Å²) in [6.07, 6.45) is 2.25. The molecule has 218 valence electrons. The smallest absolute Gasteiger partial charge is 0.0701 e. The molecule has 36 heavy (non-hydrogen) atoms. The zero-order valence-corrected chi connectivity index (χ0v) is 22.8. The van der Waals surface area contributed by atoms with Crippen LogP contribution in [-0.4, -0.2) is 146 Å². The van der Waals surface area contributed by atoms with Gasteiger partial charge in [0.05, 0.1) is 132 Å². The molecule has 0 heterocycles. The Kier molecular flexibility index (Phi) is 34.1. The fraction of sp³-hybridized carbons (Fsp3) is 1.00. The molecule has 0 saturated heterocycles. The molecule has 0 aliphatic rings. The summed E-state index contributed by atoms with van der Waals surface area (Å²) in [6.45, 7) is 14.0. The minimum atomic E-state index is 0.527. The molecule has 0 saturated carbocycles. The maximum absolute atomic E-state index is 5.46. The van der Waals surface area contributed by atoms with Crippen LogP contribution in [0.1, 0.15) is 19.8 Å². The molecule has 0 aromatic rings. The number of hydrogen-bond donors (Lipinski definition) is 0. The fourth-order valence-electron chi connectivity index (χ4n) is 2.47. The Morgan fingerprint density at radius 3 is 0.667 bits per heavy atom. The van der Waals surface area contributed by atoms with Gasteiger partial charge in [0.2, 0.25) is 0 Å². The first-order valence-electron chi connectivity index (χ1n) is 13.2. The Bertz CT molecular complexity index is 344. The molecule has 0 radical (unpaired) electrons. The summed E-state index contributed by atoms with van der Waals surface area (Å²) in [5, 5.41) is 0. The highest BCUT2D eigenvalue weighted by Crippen LogP contribution is 1.89. The fourth-order valence-corrected chi connectivity index (χ4v) is 2.47. The number of methoxy groups -OCH3 is 1. The molecule has 0 atom stereocenters. The standard InChI is InChI=1S/C25H52O11/c1-3-4-5-27-8-9-29-12-13-31-16-17-33-20-21-35-24-25-36-23-22-34-19-18-32-15-14-30-11-10-28-7-6-26-2/h3-25H2,1-2H3. The highest BCUT2D eigenvalue weighted by Gasteiger charge is 1.96. The second kappa shape index (κ2) is 34.6. The Labute approximate surface area is 218 Å². The third-order valence-electron chi connectivity index (χ3n) is 4.42. The normalized spacial score (nSPS) is 11.5. The van der Waals surface area contributed by atoms with Gasteiger partial charge in [0.15, 0.2) is 0 Å². The van der Waals surface area contributed by atoms with E-state index in [4.69, 9.17) is 52.1 Å². The molecule has 0 bridgehead atoms. The first-order chi connectivity index (χ1) is 17.9. The van der Waals surface area contributed by atoms with Crippen molar-refractivity contribution in [3.8, 4) is 0 Å². The summed E-state index contributed by atoms with van der Waals surface area (Å²) >= 11 is 0. The van der Waals surface area contributed by atoms with E-state index in [9.17, 15) is 0 Å². The van der Waals surface area contributed by atoms with Crippen molar-refractivity contribution < 1.29 is 52.1 Å². The van der Waals surface area contributed by atoms with Gasteiger partial charge in [-0.25, -0.2) is 0 Å². The Hall–Kier alpha value is -0.440. The van der Waals surface area contributed by atoms with E-state index in [-0.39, 0.29) is 0 Å². The first kappa shape index (κ1) is 35.6. The molecular weight excluding hydrogens is 476 g/mol. The number of hydrogen-bond acceptors (Lipinski definition) is 11. The highest BCUT2D eigenvalue weighted by atomic mass is 16.6. The van der Waals surface area contributed by atoms with Crippen LogP contribution in [0.15, 0.2) is 0 Å². The van der Waals surface area contributed by atoms with Crippen molar-refractivity contribution in [1.82, 2.24) is 0 Å². The maximum atomic E-state index is 5.46. The molecule has 11 nitrogen and oxygen atoms in total. The average Bonchev–Trinajstić information content (AvgIpc) is 2.89. The van der Waals surface area contributed by atoms with Crippen molar-refractivity contribution in [2.45, 2.75) is 19.8 Å². The van der Waals surface area contributed by atoms with Gasteiger partial charge < -0.3 is 52.1 Å². The lowest BCUT2D eigenvalue weighted by atomic mass is 10.4. The molecule has 0 amide bonds. The first-order valence-corrected chi connectivity index (χ1v) is 13.2. The van der Waals surface area contributed by atoms with Gasteiger partial charge in [-0.05, 0) is 6.42 Å². The van der Waals surface area contributed by atoms with Gasteiger partial charge in [0, 0.05) is 13.7 Å². The third kappa shape index (κ3) is 33.6. The van der Waals surface area contributed by atoms with Crippen LogP contribution >= 0.6 is 0 Å². The lowest BCUT2D eigenvalue weighted by molar-refractivity contribution is -0.0271. The van der Waals surface area contributed by atoms with E-state index in [0.29, 0.717) is 132 Å². The second-order valence-electron chi connectivity index (χ2n) is 7.47. The number of unbranched alkanes of at least 4 members (excludes halogenated alkanes) is 1. The third-order valence-corrected chi connectivity index (χ3v) is 4.42. The molecule has 0 aliphatic heterocycles. The van der Waals surface area contributed by atoms with Crippen LogP contribution in [0.4, 0.5) is 0 Å². The second-order valence-corrected chi connectivity index (χ2v) is 7.47. The van der Waals surface area contributed by atoms with Crippen molar-refractivity contribution in [1.29, 1.82) is 0 Å². The number of ether oxygens (including phenoxy) is 11. The van der Waals surface area contributed by atoms with Crippen molar-refractivity contribution in [2.75, 3.05) is 146 Å². The molecule has 0 aromatic carbocycles. The van der Waals surface area contributed by atoms with E-state index >= 15 is 0 Å². The molecule has 0 aromatic heterocycles. The van der Waals surface area contributed by atoms with E-state index in [2.05, 4.69) is 6.92 Å². The van der Waals surface area contributed by atoms with Gasteiger partial charge in [-0.3, -0.25) is 0 Å². The number of rotatable bonds is 33. The van der Waals surface area contributed by atoms with Gasteiger partial charge in [0.1, 0.15) is 0 Å². The Morgan fingerprint density at radius 1 is 0.278 bits per heavy atom. The monoisotopic (exact) mass is 528 g/mol. The summed E-state index contributed by atoms with van der Waals surface area (Å²) in [5.41, 5.74) is 0. The van der Waals surface area contributed by atoms with Crippen molar-refractivity contribution in [3.05, 3.63) is 0 Å². The van der Waals surface area contributed by atoms with Crippen LogP contribution in [0, 0.1) is 0 Å². The van der Waals surface area contributed by atoms with E-state index < -0.39 is 0 Å². The van der Waals surface area contributed by atoms with Crippen LogP contribution in [0.2, 0.25) is 0 Å². The van der Waals surface area contributed by atoms with Gasteiger partial charge in [-0.15, -0.1) is 0 Å². The summed E-state index contributed by atoms with van der Waals surface area (Å²) in [7, 11) is 1.65. The Balaban J connectivity index is 3.00. The minimum Gasteiger partial charge on any atom is -0.382 e. The van der Waals surface area contributed by atoms with E-state index in [1.165, 1.54) is 0 Å². The Morgan fingerprint density at radius 2 is 0.472 bits per heavy atom. The summed E-state index contributed by atoms with van der Waals surface area (Å²) in [6, 6.07) is 0. The average molecular weight is 529 g/mol. The van der Waals surface area contributed by atoms with Gasteiger partial charge in [-0.1, -0.05) is 13.3 Å². The molecule has 0 spiro atoms. The van der Waals surface area contributed by atoms with E-state index in [1.807, 2.05) is 0 Å². The zero-order chi connectivity index (χ0) is 26.0. The topological polar surface area (TPSA) is 102 Å². The zero-order valence-electron chi connectivity index (χ0n) is 22.8. The lowest BCUT2D eigenvalue weighted by Gasteiger charge is -2.09. The predicted molar refractivity (Wildman–Crippen MR) is 135 cm³/mol. The van der Waals surface area contributed by atoms with Crippen molar-refractivity contribution in [3.63, 3.8) is 0 Å². The van der Waals surface area contributed by atoms with E-state index in [1.54, 1.807) is 7.11 Å². The molecule has 0 aliphatic carbocycles. The lowest BCUT2D eigenvalue weighted by Crippen LogP contribution is -2.15. The van der Waals surface area contributed by atoms with Gasteiger partial charge in [0.25, 0.3) is 0 Å². The molecule has 0 rings (SSSR count). The maximum Gasteiger partial charge on any atom is 0.0701 e.